The van der Waals surface area contributed by atoms with Gasteiger partial charge in [-0.25, -0.2) is 9.36 Å². The molecule has 11 heavy (non-hydrogen) atoms. The van der Waals surface area contributed by atoms with Crippen molar-refractivity contribution in [1.29, 1.82) is 0 Å². The molecule has 0 radical (unpaired) electrons. The van der Waals surface area contributed by atoms with E-state index in [1.165, 1.54) is 12.5 Å². The number of carboxylic acid groups (broad SMARTS) is 1. The van der Waals surface area contributed by atoms with Crippen LogP contribution in [0, 0.1) is 0 Å². The van der Waals surface area contributed by atoms with Gasteiger partial charge in [0.05, 0.1) is 0 Å². The zero-order valence-corrected chi connectivity index (χ0v) is 5.39. The highest BCUT2D eigenvalue weighted by Crippen LogP contribution is 2.12. The Morgan fingerprint density at radius 2 is 2.55 bits per heavy atom. The Labute approximate surface area is 60.8 Å². The molecule has 0 aromatic carbocycles. The van der Waals surface area contributed by atoms with Crippen molar-refractivity contribution in [3.05, 3.63) is 18.5 Å². The first-order valence-electron chi connectivity index (χ1n) is 2.94. The molecule has 0 fully saturated rings. The number of hydrogen-bond acceptors (Lipinski definition) is 3. The second-order valence-corrected chi connectivity index (χ2v) is 2.05. The second-order valence-electron chi connectivity index (χ2n) is 2.05. The molecule has 0 amide bonds. The summed E-state index contributed by atoms with van der Waals surface area (Å²) in [6.07, 6.45) is 1.68. The van der Waals surface area contributed by atoms with Gasteiger partial charge < -0.3 is 9.63 Å². The minimum Gasteiger partial charge on any atom is -0.464 e. The van der Waals surface area contributed by atoms with Crippen LogP contribution in [0.1, 0.15) is 0 Å². The predicted molar refractivity (Wildman–Crippen MR) is 35.4 cm³/mol. The van der Waals surface area contributed by atoms with E-state index in [2.05, 4.69) is 9.68 Å². The number of rotatable bonds is 0. The highest BCUT2D eigenvalue weighted by atomic mass is 16.5. The van der Waals surface area contributed by atoms with Gasteiger partial charge >= 0.3 is 6.09 Å². The maximum atomic E-state index is 10.5. The van der Waals surface area contributed by atoms with E-state index in [1.54, 1.807) is 6.07 Å². The molecule has 5 heteroatoms. The number of carbonyl (C=O) groups is 1. The molecule has 0 saturated heterocycles. The third-order valence-electron chi connectivity index (χ3n) is 1.42. The van der Waals surface area contributed by atoms with Gasteiger partial charge in [0.1, 0.15) is 17.3 Å². The first kappa shape index (κ1) is 5.96. The summed E-state index contributed by atoms with van der Waals surface area (Å²) in [4.78, 5) is 10.5. The van der Waals surface area contributed by atoms with Gasteiger partial charge in [0.25, 0.3) is 0 Å². The van der Waals surface area contributed by atoms with Crippen LogP contribution in [-0.2, 0) is 0 Å². The lowest BCUT2D eigenvalue weighted by molar-refractivity contribution is 0.197. The van der Waals surface area contributed by atoms with Gasteiger partial charge in [-0.05, 0) is 6.07 Å². The van der Waals surface area contributed by atoms with E-state index < -0.39 is 6.09 Å². The van der Waals surface area contributed by atoms with Crippen molar-refractivity contribution in [2.45, 2.75) is 0 Å². The SMILES string of the molecule is O=C(O)n1ccc2nocc21. The van der Waals surface area contributed by atoms with Crippen LogP contribution in [0.25, 0.3) is 11.0 Å². The van der Waals surface area contributed by atoms with E-state index in [-0.39, 0.29) is 0 Å². The van der Waals surface area contributed by atoms with E-state index in [4.69, 9.17) is 5.11 Å². The van der Waals surface area contributed by atoms with Crippen molar-refractivity contribution in [2.24, 2.45) is 0 Å². The topological polar surface area (TPSA) is 68.3 Å². The Hall–Kier alpha value is -1.78. The Kier molecular flexibility index (Phi) is 1.00. The zero-order chi connectivity index (χ0) is 7.84. The van der Waals surface area contributed by atoms with Crippen molar-refractivity contribution < 1.29 is 14.4 Å². The Balaban J connectivity index is 2.78. The van der Waals surface area contributed by atoms with E-state index >= 15 is 0 Å². The molecule has 2 rings (SSSR count). The summed E-state index contributed by atoms with van der Waals surface area (Å²) in [5.41, 5.74) is 1.02. The molecule has 56 valence electrons. The largest absolute Gasteiger partial charge is 0.464 e. The summed E-state index contributed by atoms with van der Waals surface area (Å²) in [6, 6.07) is 1.58. The highest BCUT2D eigenvalue weighted by molar-refractivity contribution is 5.85. The molecule has 0 unspecified atom stereocenters. The van der Waals surface area contributed by atoms with Gasteiger partial charge in [-0.15, -0.1) is 0 Å². The second kappa shape index (κ2) is 1.85. The van der Waals surface area contributed by atoms with Crippen molar-refractivity contribution in [3.8, 4) is 0 Å². The maximum Gasteiger partial charge on any atom is 0.416 e. The summed E-state index contributed by atoms with van der Waals surface area (Å²) in [7, 11) is 0. The summed E-state index contributed by atoms with van der Waals surface area (Å²) in [5, 5.41) is 12.1. The molecule has 1 N–H and O–H groups in total. The quantitative estimate of drug-likeness (QED) is 0.614. The molecular formula is C6H4N2O3. The van der Waals surface area contributed by atoms with Crippen LogP contribution in [0.15, 0.2) is 23.0 Å². The molecule has 0 bridgehead atoms. The summed E-state index contributed by atoms with van der Waals surface area (Å²) < 4.78 is 5.61. The standard InChI is InChI=1S/C6H4N2O3/c9-6(10)8-2-1-4-5(8)3-11-7-4/h1-3H,(H,9,10). The van der Waals surface area contributed by atoms with Crippen molar-refractivity contribution in [1.82, 2.24) is 9.72 Å². The lowest BCUT2D eigenvalue weighted by Crippen LogP contribution is -2.04. The van der Waals surface area contributed by atoms with Crippen molar-refractivity contribution in [2.75, 3.05) is 0 Å². The van der Waals surface area contributed by atoms with Crippen LogP contribution in [0.4, 0.5) is 4.79 Å². The fraction of sp³-hybridized carbons (Fsp3) is 0. The van der Waals surface area contributed by atoms with Gasteiger partial charge in [-0.3, -0.25) is 0 Å². The first-order valence-corrected chi connectivity index (χ1v) is 2.94. The summed E-state index contributed by atoms with van der Waals surface area (Å²) in [5.74, 6) is 0. The number of nitrogens with zero attached hydrogens (tertiary/aromatic N) is 2. The molecule has 0 aliphatic rings. The highest BCUT2D eigenvalue weighted by Gasteiger charge is 2.08. The molecule has 2 heterocycles. The lowest BCUT2D eigenvalue weighted by Gasteiger charge is -1.90. The average molecular weight is 152 g/mol. The third kappa shape index (κ3) is 0.706. The van der Waals surface area contributed by atoms with E-state index in [1.807, 2.05) is 0 Å². The minimum atomic E-state index is -1.04. The van der Waals surface area contributed by atoms with E-state index in [0.29, 0.717) is 11.0 Å². The van der Waals surface area contributed by atoms with Crippen LogP contribution < -0.4 is 0 Å². The Morgan fingerprint density at radius 3 is 3.27 bits per heavy atom. The van der Waals surface area contributed by atoms with Gasteiger partial charge in [0, 0.05) is 6.20 Å². The average Bonchev–Trinajstić information content (AvgIpc) is 2.41. The first-order chi connectivity index (χ1) is 5.29. The Bertz CT molecular complexity index is 401. The minimum absolute atomic E-state index is 0.470. The number of aromatic nitrogens is 2. The molecule has 0 spiro atoms. The van der Waals surface area contributed by atoms with Crippen LogP contribution in [0.5, 0.6) is 0 Å². The molecule has 5 nitrogen and oxygen atoms in total. The fourth-order valence-corrected chi connectivity index (χ4v) is 0.928. The lowest BCUT2D eigenvalue weighted by atomic mass is 10.5. The molecular weight excluding hydrogens is 148 g/mol. The van der Waals surface area contributed by atoms with Crippen LogP contribution in [0.2, 0.25) is 0 Å². The zero-order valence-electron chi connectivity index (χ0n) is 5.39. The predicted octanol–water partition coefficient (Wildman–Crippen LogP) is 1.16. The third-order valence-corrected chi connectivity index (χ3v) is 1.42. The molecule has 2 aromatic rings. The molecule has 0 saturated carbocycles. The molecule has 0 atom stereocenters. The molecule has 0 aliphatic carbocycles. The van der Waals surface area contributed by atoms with Crippen LogP contribution in [0.3, 0.4) is 0 Å². The van der Waals surface area contributed by atoms with Gasteiger partial charge in [0.15, 0.2) is 0 Å². The van der Waals surface area contributed by atoms with Gasteiger partial charge in [0.2, 0.25) is 0 Å². The summed E-state index contributed by atoms with van der Waals surface area (Å²) >= 11 is 0. The van der Waals surface area contributed by atoms with Crippen molar-refractivity contribution >= 4 is 17.1 Å². The van der Waals surface area contributed by atoms with Gasteiger partial charge in [-0.2, -0.15) is 0 Å². The molecule has 0 aliphatic heterocycles. The molecule has 2 aromatic heterocycles. The Morgan fingerprint density at radius 1 is 1.73 bits per heavy atom. The fourth-order valence-electron chi connectivity index (χ4n) is 0.928. The van der Waals surface area contributed by atoms with Crippen LogP contribution >= 0.6 is 0 Å². The van der Waals surface area contributed by atoms with Gasteiger partial charge in [-0.1, -0.05) is 5.16 Å². The van der Waals surface area contributed by atoms with Crippen LogP contribution in [-0.4, -0.2) is 20.9 Å². The maximum absolute atomic E-state index is 10.5. The smallest absolute Gasteiger partial charge is 0.416 e. The number of hydrogen-bond donors (Lipinski definition) is 1. The van der Waals surface area contributed by atoms with E-state index in [0.717, 1.165) is 4.57 Å². The summed E-state index contributed by atoms with van der Waals surface area (Å²) in [6.45, 7) is 0. The van der Waals surface area contributed by atoms with Crippen molar-refractivity contribution in [3.63, 3.8) is 0 Å². The van der Waals surface area contributed by atoms with E-state index in [9.17, 15) is 4.79 Å². The monoisotopic (exact) mass is 152 g/mol. The number of fused-ring (bicyclic) bond motifs is 1. The normalized spacial score (nSPS) is 10.5.